The summed E-state index contributed by atoms with van der Waals surface area (Å²) in [6, 6.07) is 7.58. The second kappa shape index (κ2) is 9.63. The van der Waals surface area contributed by atoms with E-state index in [1.807, 2.05) is 6.92 Å². The lowest BCUT2D eigenvalue weighted by atomic mass is 10.1. The summed E-state index contributed by atoms with van der Waals surface area (Å²) in [7, 11) is -2.62. The minimum atomic E-state index is -3.86. The highest BCUT2D eigenvalue weighted by Crippen LogP contribution is 2.27. The zero-order valence-corrected chi connectivity index (χ0v) is 18.4. The lowest BCUT2D eigenvalue weighted by molar-refractivity contribution is 0.0599. The summed E-state index contributed by atoms with van der Waals surface area (Å²) in [5.41, 5.74) is 1.65. The molecule has 0 aliphatic carbocycles. The van der Waals surface area contributed by atoms with Crippen molar-refractivity contribution in [2.24, 2.45) is 0 Å². The molecule has 0 radical (unpaired) electrons. The van der Waals surface area contributed by atoms with Crippen LogP contribution in [0.2, 0.25) is 0 Å². The Morgan fingerprint density at radius 1 is 1.19 bits per heavy atom. The van der Waals surface area contributed by atoms with Crippen LogP contribution in [0.4, 0.5) is 8.78 Å². The zero-order valence-electron chi connectivity index (χ0n) is 16.8. The van der Waals surface area contributed by atoms with Crippen molar-refractivity contribution in [1.82, 2.24) is 9.71 Å². The Kier molecular flexibility index (Phi) is 7.14. The zero-order chi connectivity index (χ0) is 22.6. The van der Waals surface area contributed by atoms with Gasteiger partial charge in [-0.15, -0.1) is 11.3 Å². The SMILES string of the molecule is CCc1ccc(S(=O)(=O)NCCc2csc(-c3ccc(F)cc3F)n2)cc1C(=O)OC. The van der Waals surface area contributed by atoms with Crippen molar-refractivity contribution >= 4 is 27.3 Å². The molecule has 6 nitrogen and oxygen atoms in total. The van der Waals surface area contributed by atoms with Crippen LogP contribution in [0.15, 0.2) is 46.7 Å². The second-order valence-electron chi connectivity index (χ2n) is 6.58. The fourth-order valence-electron chi connectivity index (χ4n) is 2.94. The Balaban J connectivity index is 1.69. The van der Waals surface area contributed by atoms with Gasteiger partial charge in [-0.2, -0.15) is 0 Å². The van der Waals surface area contributed by atoms with Crippen molar-refractivity contribution < 1.29 is 26.7 Å². The van der Waals surface area contributed by atoms with Crippen molar-refractivity contribution in [2.45, 2.75) is 24.7 Å². The number of hydrogen-bond donors (Lipinski definition) is 1. The number of nitrogens with one attached hydrogen (secondary N) is 1. The molecule has 10 heteroatoms. The quantitative estimate of drug-likeness (QED) is 0.508. The number of ether oxygens (including phenoxy) is 1. The molecule has 1 heterocycles. The Bertz CT molecular complexity index is 1210. The van der Waals surface area contributed by atoms with Crippen molar-refractivity contribution in [3.05, 3.63) is 70.2 Å². The van der Waals surface area contributed by atoms with Gasteiger partial charge in [0.05, 0.1) is 23.3 Å². The summed E-state index contributed by atoms with van der Waals surface area (Å²) >= 11 is 1.19. The maximum absolute atomic E-state index is 13.9. The van der Waals surface area contributed by atoms with Crippen LogP contribution in [0, 0.1) is 11.6 Å². The minimum absolute atomic E-state index is 0.0440. The van der Waals surface area contributed by atoms with Crippen LogP contribution in [0.3, 0.4) is 0 Å². The predicted octanol–water partition coefficient (Wildman–Crippen LogP) is 3.96. The molecule has 0 aliphatic heterocycles. The molecule has 164 valence electrons. The molecule has 0 saturated heterocycles. The van der Waals surface area contributed by atoms with Crippen LogP contribution in [0.25, 0.3) is 10.6 Å². The van der Waals surface area contributed by atoms with Crippen molar-refractivity contribution in [3.63, 3.8) is 0 Å². The average Bonchev–Trinajstić information content (AvgIpc) is 3.21. The summed E-state index contributed by atoms with van der Waals surface area (Å²) in [4.78, 5) is 16.2. The highest BCUT2D eigenvalue weighted by molar-refractivity contribution is 7.89. The maximum Gasteiger partial charge on any atom is 0.338 e. The number of methoxy groups -OCH3 is 1. The molecule has 0 unspecified atom stereocenters. The molecule has 0 bridgehead atoms. The van der Waals surface area contributed by atoms with E-state index in [1.54, 1.807) is 11.4 Å². The molecule has 0 spiro atoms. The highest BCUT2D eigenvalue weighted by atomic mass is 32.2. The fourth-order valence-corrected chi connectivity index (χ4v) is 4.87. The molecule has 0 aliphatic rings. The van der Waals surface area contributed by atoms with E-state index in [2.05, 4.69) is 9.71 Å². The number of nitrogens with zero attached hydrogens (tertiary/aromatic N) is 1. The third-order valence-corrected chi connectivity index (χ3v) is 6.95. The molecule has 31 heavy (non-hydrogen) atoms. The Hall–Kier alpha value is -2.69. The van der Waals surface area contributed by atoms with Crippen LogP contribution in [-0.4, -0.2) is 33.0 Å². The number of rotatable bonds is 8. The van der Waals surface area contributed by atoms with E-state index in [4.69, 9.17) is 4.74 Å². The van der Waals surface area contributed by atoms with Gasteiger partial charge in [-0.3, -0.25) is 0 Å². The van der Waals surface area contributed by atoms with Crippen LogP contribution in [0.1, 0.15) is 28.5 Å². The molecule has 3 rings (SSSR count). The van der Waals surface area contributed by atoms with Gasteiger partial charge >= 0.3 is 5.97 Å². The van der Waals surface area contributed by atoms with Gasteiger partial charge in [0.1, 0.15) is 16.6 Å². The summed E-state index contributed by atoms with van der Waals surface area (Å²) in [6.45, 7) is 1.91. The number of hydrogen-bond acceptors (Lipinski definition) is 6. The minimum Gasteiger partial charge on any atom is -0.465 e. The van der Waals surface area contributed by atoms with Crippen LogP contribution in [-0.2, 0) is 27.6 Å². The van der Waals surface area contributed by atoms with Gasteiger partial charge in [0.15, 0.2) is 0 Å². The number of carbonyl (C=O) groups is 1. The monoisotopic (exact) mass is 466 g/mol. The lowest BCUT2D eigenvalue weighted by Gasteiger charge is -2.10. The van der Waals surface area contributed by atoms with E-state index in [0.717, 1.165) is 12.1 Å². The normalized spacial score (nSPS) is 11.5. The van der Waals surface area contributed by atoms with E-state index in [9.17, 15) is 22.0 Å². The van der Waals surface area contributed by atoms with Crippen molar-refractivity contribution in [1.29, 1.82) is 0 Å². The molecule has 0 fully saturated rings. The summed E-state index contributed by atoms with van der Waals surface area (Å²) in [5.74, 6) is -1.98. The molecule has 1 N–H and O–H groups in total. The highest BCUT2D eigenvalue weighted by Gasteiger charge is 2.19. The van der Waals surface area contributed by atoms with E-state index in [1.165, 1.54) is 36.6 Å². The molecule has 2 aromatic carbocycles. The number of esters is 1. The first kappa shape index (κ1) is 23.0. The Morgan fingerprint density at radius 3 is 2.65 bits per heavy atom. The molecule has 0 atom stereocenters. The number of aryl methyl sites for hydroxylation is 1. The Labute approximate surface area is 183 Å². The van der Waals surface area contributed by atoms with Gasteiger partial charge in [0.2, 0.25) is 10.0 Å². The topological polar surface area (TPSA) is 85.4 Å². The maximum atomic E-state index is 13.9. The molecular formula is C21H20F2N2O4S2. The second-order valence-corrected chi connectivity index (χ2v) is 9.21. The smallest absolute Gasteiger partial charge is 0.338 e. The van der Waals surface area contributed by atoms with Gasteiger partial charge in [-0.05, 0) is 36.2 Å². The van der Waals surface area contributed by atoms with E-state index >= 15 is 0 Å². The molecular weight excluding hydrogens is 446 g/mol. The van der Waals surface area contributed by atoms with Gasteiger partial charge < -0.3 is 4.74 Å². The summed E-state index contributed by atoms with van der Waals surface area (Å²) in [5, 5.41) is 2.07. The van der Waals surface area contributed by atoms with Crippen LogP contribution in [0.5, 0.6) is 0 Å². The summed E-state index contributed by atoms with van der Waals surface area (Å²) in [6.07, 6.45) is 0.828. The predicted molar refractivity (Wildman–Crippen MR) is 114 cm³/mol. The van der Waals surface area contributed by atoms with Crippen LogP contribution >= 0.6 is 11.3 Å². The number of halogens is 2. The lowest BCUT2D eigenvalue weighted by Crippen LogP contribution is -2.26. The first-order valence-corrected chi connectivity index (χ1v) is 11.7. The average molecular weight is 467 g/mol. The first-order chi connectivity index (χ1) is 14.7. The van der Waals surface area contributed by atoms with Crippen molar-refractivity contribution in [3.8, 4) is 10.6 Å². The van der Waals surface area contributed by atoms with Gasteiger partial charge in [-0.1, -0.05) is 13.0 Å². The van der Waals surface area contributed by atoms with E-state index in [0.29, 0.717) is 22.7 Å². The van der Waals surface area contributed by atoms with Gasteiger partial charge in [-0.25, -0.2) is 31.7 Å². The van der Waals surface area contributed by atoms with Crippen molar-refractivity contribution in [2.75, 3.05) is 13.7 Å². The molecule has 3 aromatic rings. The molecule has 1 aromatic heterocycles. The number of benzene rings is 2. The third kappa shape index (κ3) is 5.33. The summed E-state index contributed by atoms with van der Waals surface area (Å²) < 4.78 is 59.4. The van der Waals surface area contributed by atoms with E-state index in [-0.39, 0.29) is 29.0 Å². The largest absolute Gasteiger partial charge is 0.465 e. The third-order valence-electron chi connectivity index (χ3n) is 4.56. The fraction of sp³-hybridized carbons (Fsp3) is 0.238. The first-order valence-electron chi connectivity index (χ1n) is 9.36. The number of sulfonamides is 1. The van der Waals surface area contributed by atoms with Gasteiger partial charge in [0, 0.05) is 30.0 Å². The number of carbonyl (C=O) groups excluding carboxylic acids is 1. The van der Waals surface area contributed by atoms with Gasteiger partial charge in [0.25, 0.3) is 0 Å². The van der Waals surface area contributed by atoms with E-state index < -0.39 is 27.6 Å². The molecule has 0 saturated carbocycles. The number of thiazole rings is 1. The molecule has 0 amide bonds. The standard InChI is InChI=1S/C21H20F2N2O4S2/c1-3-13-4-6-16(11-18(13)21(26)29-2)31(27,28)24-9-8-15-12-30-20(25-15)17-7-5-14(22)10-19(17)23/h4-7,10-12,24H,3,8-9H2,1-2H3. The number of aromatic nitrogens is 1. The Morgan fingerprint density at radius 2 is 1.97 bits per heavy atom. The van der Waals surface area contributed by atoms with Crippen LogP contribution < -0.4 is 4.72 Å².